The number of hydrogen-bond acceptors (Lipinski definition) is 3. The first-order valence-corrected chi connectivity index (χ1v) is 7.91. The number of amides is 1. The lowest BCUT2D eigenvalue weighted by molar-refractivity contribution is -0.147. The Morgan fingerprint density at radius 1 is 1.14 bits per heavy atom. The van der Waals surface area contributed by atoms with Crippen LogP contribution in [-0.4, -0.2) is 47.1 Å². The Bertz CT molecular complexity index is 412. The van der Waals surface area contributed by atoms with Gasteiger partial charge < -0.3 is 15.3 Å². The highest BCUT2D eigenvalue weighted by Gasteiger charge is 2.35. The van der Waals surface area contributed by atoms with E-state index in [1.54, 1.807) is 0 Å². The highest BCUT2D eigenvalue weighted by molar-refractivity contribution is 5.85. The number of nitrogens with zero attached hydrogens (tertiary/aromatic N) is 1. The van der Waals surface area contributed by atoms with Gasteiger partial charge in [0.15, 0.2) is 0 Å². The van der Waals surface area contributed by atoms with Crippen LogP contribution in [0.4, 0.5) is 0 Å². The molecule has 5 heteroatoms. The molecule has 0 spiro atoms. The second-order valence-corrected chi connectivity index (χ2v) is 6.41. The first-order valence-electron chi connectivity index (χ1n) is 7.91. The van der Waals surface area contributed by atoms with Crippen LogP contribution in [0, 0.1) is 11.8 Å². The van der Waals surface area contributed by atoms with E-state index in [0.29, 0.717) is 18.9 Å². The third-order valence-electron chi connectivity index (χ3n) is 4.69. The van der Waals surface area contributed by atoms with Gasteiger partial charge in [0.25, 0.3) is 0 Å². The van der Waals surface area contributed by atoms with Crippen molar-refractivity contribution in [1.82, 2.24) is 10.2 Å². The Balaban J connectivity index is 1.87. The molecule has 0 saturated carbocycles. The van der Waals surface area contributed by atoms with E-state index in [-0.39, 0.29) is 11.9 Å². The van der Waals surface area contributed by atoms with E-state index in [1.807, 2.05) is 12.2 Å². The number of carbonyl (C=O) groups excluding carboxylic acids is 1. The van der Waals surface area contributed by atoms with Crippen molar-refractivity contribution in [2.24, 2.45) is 11.8 Å². The molecule has 2 atom stereocenters. The fourth-order valence-corrected chi connectivity index (χ4v) is 3.25. The molecule has 0 unspecified atom stereocenters. The highest BCUT2D eigenvalue weighted by Crippen LogP contribution is 2.26. The van der Waals surface area contributed by atoms with Gasteiger partial charge in [-0.2, -0.15) is 0 Å². The first kappa shape index (κ1) is 16.0. The fraction of sp³-hybridized carbons (Fsp3) is 0.750. The molecule has 0 aromatic carbocycles. The number of nitrogens with one attached hydrogen (secondary N) is 1. The summed E-state index contributed by atoms with van der Waals surface area (Å²) in [6, 6.07) is 0.731. The van der Waals surface area contributed by atoms with Crippen LogP contribution in [-0.2, 0) is 9.59 Å². The maximum absolute atomic E-state index is 12.4. The van der Waals surface area contributed by atoms with Gasteiger partial charge in [-0.15, -0.1) is 0 Å². The number of carboxylic acid groups (broad SMARTS) is 1. The topological polar surface area (TPSA) is 69.6 Å². The second kappa shape index (κ2) is 7.07. The SMILES string of the molecule is CC(C)N1CCC(NC(=O)[C@H]2CC=CC[C@H]2C(=O)O)CC1. The number of likely N-dealkylation sites (tertiary alicyclic amines) is 1. The van der Waals surface area contributed by atoms with Gasteiger partial charge >= 0.3 is 5.97 Å². The molecule has 1 amide bonds. The van der Waals surface area contributed by atoms with Crippen molar-refractivity contribution in [2.45, 2.75) is 51.6 Å². The molecular weight excluding hydrogens is 268 g/mol. The average Bonchev–Trinajstić information content (AvgIpc) is 2.47. The van der Waals surface area contributed by atoms with Crippen LogP contribution >= 0.6 is 0 Å². The van der Waals surface area contributed by atoms with E-state index in [2.05, 4.69) is 24.1 Å². The summed E-state index contributed by atoms with van der Waals surface area (Å²) in [5.41, 5.74) is 0. The van der Waals surface area contributed by atoms with Crippen LogP contribution < -0.4 is 5.32 Å². The monoisotopic (exact) mass is 294 g/mol. The van der Waals surface area contributed by atoms with Crippen LogP contribution in [0.2, 0.25) is 0 Å². The van der Waals surface area contributed by atoms with Gasteiger partial charge in [-0.1, -0.05) is 12.2 Å². The molecule has 0 aromatic heterocycles. The van der Waals surface area contributed by atoms with E-state index in [4.69, 9.17) is 0 Å². The standard InChI is InChI=1S/C16H26N2O3/c1-11(2)18-9-7-12(8-10-18)17-15(19)13-5-3-4-6-14(13)16(20)21/h3-4,11-14H,5-10H2,1-2H3,(H,17,19)(H,20,21)/t13-,14+/m0/s1. The first-order chi connectivity index (χ1) is 9.99. The van der Waals surface area contributed by atoms with Gasteiger partial charge in [-0.25, -0.2) is 0 Å². The molecule has 1 fully saturated rings. The van der Waals surface area contributed by atoms with E-state index in [0.717, 1.165) is 25.9 Å². The lowest BCUT2D eigenvalue weighted by Crippen LogP contribution is -2.49. The molecule has 2 rings (SSSR count). The van der Waals surface area contributed by atoms with Crippen molar-refractivity contribution >= 4 is 11.9 Å². The van der Waals surface area contributed by atoms with Gasteiger partial charge in [0.1, 0.15) is 0 Å². The number of hydrogen-bond donors (Lipinski definition) is 2. The van der Waals surface area contributed by atoms with E-state index >= 15 is 0 Å². The largest absolute Gasteiger partial charge is 0.481 e. The quantitative estimate of drug-likeness (QED) is 0.773. The zero-order chi connectivity index (χ0) is 15.4. The number of piperidine rings is 1. The van der Waals surface area contributed by atoms with Gasteiger partial charge in [0.2, 0.25) is 5.91 Å². The summed E-state index contributed by atoms with van der Waals surface area (Å²) in [6.07, 6.45) is 6.68. The molecule has 1 aliphatic heterocycles. The predicted octanol–water partition coefficient (Wildman–Crippen LogP) is 1.64. The summed E-state index contributed by atoms with van der Waals surface area (Å²) in [5, 5.41) is 12.3. The molecule has 2 aliphatic rings. The summed E-state index contributed by atoms with van der Waals surface area (Å²) in [5.74, 6) is -1.95. The van der Waals surface area contributed by atoms with Crippen LogP contribution in [0.25, 0.3) is 0 Å². The van der Waals surface area contributed by atoms with E-state index < -0.39 is 17.8 Å². The Hall–Kier alpha value is -1.36. The van der Waals surface area contributed by atoms with Crippen LogP contribution in [0.5, 0.6) is 0 Å². The summed E-state index contributed by atoms with van der Waals surface area (Å²) in [4.78, 5) is 26.0. The minimum Gasteiger partial charge on any atom is -0.481 e. The van der Waals surface area contributed by atoms with Gasteiger partial charge in [0, 0.05) is 25.2 Å². The van der Waals surface area contributed by atoms with Crippen molar-refractivity contribution in [3.05, 3.63) is 12.2 Å². The van der Waals surface area contributed by atoms with Crippen LogP contribution in [0.1, 0.15) is 39.5 Å². The molecule has 1 saturated heterocycles. The minimum atomic E-state index is -0.867. The molecule has 1 heterocycles. The molecule has 1 aliphatic carbocycles. The van der Waals surface area contributed by atoms with Gasteiger partial charge in [-0.05, 0) is 39.5 Å². The molecular formula is C16H26N2O3. The molecule has 118 valence electrons. The number of rotatable bonds is 4. The number of carbonyl (C=O) groups is 2. The maximum Gasteiger partial charge on any atom is 0.307 e. The summed E-state index contributed by atoms with van der Waals surface area (Å²) >= 11 is 0. The summed E-state index contributed by atoms with van der Waals surface area (Å²) < 4.78 is 0. The van der Waals surface area contributed by atoms with Crippen molar-refractivity contribution < 1.29 is 14.7 Å². The number of carboxylic acids is 1. The molecule has 0 radical (unpaired) electrons. The third-order valence-corrected chi connectivity index (χ3v) is 4.69. The number of aliphatic carboxylic acids is 1. The molecule has 0 bridgehead atoms. The molecule has 21 heavy (non-hydrogen) atoms. The van der Waals surface area contributed by atoms with Crippen molar-refractivity contribution in [1.29, 1.82) is 0 Å². The Kier molecular flexibility index (Phi) is 5.39. The lowest BCUT2D eigenvalue weighted by Gasteiger charge is -2.35. The zero-order valence-electron chi connectivity index (χ0n) is 12.9. The van der Waals surface area contributed by atoms with Gasteiger partial charge in [0.05, 0.1) is 11.8 Å². The van der Waals surface area contributed by atoms with E-state index in [9.17, 15) is 14.7 Å². The normalized spacial score (nSPS) is 27.8. The van der Waals surface area contributed by atoms with Crippen molar-refractivity contribution in [2.75, 3.05) is 13.1 Å². The fourth-order valence-electron chi connectivity index (χ4n) is 3.25. The maximum atomic E-state index is 12.4. The zero-order valence-corrected chi connectivity index (χ0v) is 12.9. The molecule has 0 aromatic rings. The summed E-state index contributed by atoms with van der Waals surface area (Å²) in [7, 11) is 0. The Morgan fingerprint density at radius 2 is 1.71 bits per heavy atom. The average molecular weight is 294 g/mol. The summed E-state index contributed by atoms with van der Waals surface area (Å²) in [6.45, 7) is 6.36. The van der Waals surface area contributed by atoms with Crippen molar-refractivity contribution in [3.63, 3.8) is 0 Å². The number of allylic oxidation sites excluding steroid dienone is 2. The van der Waals surface area contributed by atoms with Crippen molar-refractivity contribution in [3.8, 4) is 0 Å². The smallest absolute Gasteiger partial charge is 0.307 e. The molecule has 2 N–H and O–H groups in total. The lowest BCUT2D eigenvalue weighted by atomic mass is 9.82. The van der Waals surface area contributed by atoms with Crippen LogP contribution in [0.3, 0.4) is 0 Å². The van der Waals surface area contributed by atoms with Gasteiger partial charge in [-0.3, -0.25) is 9.59 Å². The second-order valence-electron chi connectivity index (χ2n) is 6.41. The third kappa shape index (κ3) is 4.06. The van der Waals surface area contributed by atoms with E-state index in [1.165, 1.54) is 0 Å². The molecule has 5 nitrogen and oxygen atoms in total. The minimum absolute atomic E-state index is 0.0882. The highest BCUT2D eigenvalue weighted by atomic mass is 16.4. The van der Waals surface area contributed by atoms with Crippen LogP contribution in [0.15, 0.2) is 12.2 Å². The Morgan fingerprint density at radius 3 is 2.24 bits per heavy atom. The predicted molar refractivity (Wildman–Crippen MR) is 80.9 cm³/mol. The Labute approximate surface area is 126 Å².